The normalized spacial score (nSPS) is 32.5. The van der Waals surface area contributed by atoms with Crippen LogP contribution in [-0.4, -0.2) is 22.4 Å². The molecule has 0 aromatic carbocycles. The van der Waals surface area contributed by atoms with Gasteiger partial charge in [-0.25, -0.2) is 0 Å². The van der Waals surface area contributed by atoms with E-state index in [-0.39, 0.29) is 0 Å². The molecule has 1 N–H and O–H groups in total. The maximum atomic E-state index is 4.37. The molecule has 3 unspecified atom stereocenters. The second-order valence-electron chi connectivity index (χ2n) is 5.49. The molecule has 1 saturated carbocycles. The number of hydrogen-bond donors (Lipinski definition) is 1. The fraction of sp³-hybridized carbons (Fsp3) is 0.643. The summed E-state index contributed by atoms with van der Waals surface area (Å²) in [4.78, 5) is 0. The van der Waals surface area contributed by atoms with Gasteiger partial charge in [0.1, 0.15) is 0 Å². The molecule has 0 spiro atoms. The van der Waals surface area contributed by atoms with Crippen LogP contribution in [0, 0.1) is 18.8 Å². The Kier molecular flexibility index (Phi) is 2.79. The molecule has 1 saturated heterocycles. The van der Waals surface area contributed by atoms with Crippen molar-refractivity contribution in [2.45, 2.75) is 32.2 Å². The van der Waals surface area contributed by atoms with E-state index in [9.17, 15) is 0 Å². The summed E-state index contributed by atoms with van der Waals surface area (Å²) in [5, 5.41) is 8.01. The molecule has 1 aliphatic carbocycles. The van der Waals surface area contributed by atoms with Crippen molar-refractivity contribution in [3.63, 3.8) is 0 Å². The minimum absolute atomic E-state index is 0.585. The topological polar surface area (TPSA) is 29.9 Å². The molecule has 92 valence electrons. The Balaban J connectivity index is 1.72. The van der Waals surface area contributed by atoms with Gasteiger partial charge in [0, 0.05) is 24.8 Å². The molecule has 3 rings (SSSR count). The number of rotatable bonds is 2. The van der Waals surface area contributed by atoms with E-state index in [0.29, 0.717) is 6.04 Å². The molecular formula is C14H21N3. The van der Waals surface area contributed by atoms with E-state index in [1.165, 1.54) is 31.4 Å². The molecule has 2 heterocycles. The van der Waals surface area contributed by atoms with Gasteiger partial charge in [-0.2, -0.15) is 5.10 Å². The van der Waals surface area contributed by atoms with Crippen molar-refractivity contribution in [1.29, 1.82) is 0 Å². The van der Waals surface area contributed by atoms with Crippen molar-refractivity contribution in [2.75, 3.05) is 6.54 Å². The van der Waals surface area contributed by atoms with Crippen LogP contribution in [0.5, 0.6) is 0 Å². The van der Waals surface area contributed by atoms with E-state index in [1.807, 2.05) is 11.7 Å². The highest BCUT2D eigenvalue weighted by atomic mass is 15.2. The lowest BCUT2D eigenvalue weighted by molar-refractivity contribution is 0.456. The van der Waals surface area contributed by atoms with Gasteiger partial charge >= 0.3 is 0 Å². The van der Waals surface area contributed by atoms with Crippen LogP contribution in [0.25, 0.3) is 6.08 Å². The highest BCUT2D eigenvalue weighted by Crippen LogP contribution is 2.38. The van der Waals surface area contributed by atoms with E-state index >= 15 is 0 Å². The highest BCUT2D eigenvalue weighted by molar-refractivity contribution is 5.51. The smallest absolute Gasteiger partial charge is 0.0665 e. The van der Waals surface area contributed by atoms with E-state index < -0.39 is 0 Å². The van der Waals surface area contributed by atoms with Crippen LogP contribution in [-0.2, 0) is 7.05 Å². The molecular weight excluding hydrogens is 210 g/mol. The Morgan fingerprint density at radius 3 is 3.12 bits per heavy atom. The first-order chi connectivity index (χ1) is 8.24. The van der Waals surface area contributed by atoms with E-state index in [1.54, 1.807) is 0 Å². The summed E-state index contributed by atoms with van der Waals surface area (Å²) in [5.74, 6) is 1.81. The van der Waals surface area contributed by atoms with E-state index in [0.717, 1.165) is 17.5 Å². The van der Waals surface area contributed by atoms with Gasteiger partial charge in [-0.1, -0.05) is 18.6 Å². The molecule has 2 fully saturated rings. The van der Waals surface area contributed by atoms with Crippen LogP contribution in [0.15, 0.2) is 12.3 Å². The molecule has 0 bridgehead atoms. The Hall–Kier alpha value is -1.09. The number of aryl methyl sites for hydroxylation is 2. The van der Waals surface area contributed by atoms with Crippen LogP contribution in [0.1, 0.15) is 30.5 Å². The summed E-state index contributed by atoms with van der Waals surface area (Å²) >= 11 is 0. The van der Waals surface area contributed by atoms with Gasteiger partial charge in [0.05, 0.1) is 5.69 Å². The molecule has 1 aliphatic heterocycles. The molecule has 0 amide bonds. The van der Waals surface area contributed by atoms with Gasteiger partial charge < -0.3 is 5.32 Å². The lowest BCUT2D eigenvalue weighted by Crippen LogP contribution is -2.23. The molecule has 17 heavy (non-hydrogen) atoms. The van der Waals surface area contributed by atoms with E-state index in [2.05, 4.69) is 35.7 Å². The highest BCUT2D eigenvalue weighted by Gasteiger charge is 2.37. The average molecular weight is 231 g/mol. The number of aromatic nitrogens is 2. The Morgan fingerprint density at radius 1 is 1.47 bits per heavy atom. The predicted octanol–water partition coefficient (Wildman–Crippen LogP) is 2.13. The molecule has 3 atom stereocenters. The molecule has 1 aromatic heterocycles. The molecule has 3 heteroatoms. The molecule has 1 aromatic rings. The number of fused-ring (bicyclic) bond motifs is 1. The molecule has 2 aliphatic rings. The van der Waals surface area contributed by atoms with E-state index in [4.69, 9.17) is 0 Å². The second kappa shape index (κ2) is 4.30. The van der Waals surface area contributed by atoms with Crippen molar-refractivity contribution in [2.24, 2.45) is 18.9 Å². The van der Waals surface area contributed by atoms with Gasteiger partial charge in [0.25, 0.3) is 0 Å². The third-order valence-electron chi connectivity index (χ3n) is 4.33. The van der Waals surface area contributed by atoms with Crippen LogP contribution >= 0.6 is 0 Å². The SMILES string of the molecule is Cc1nn(C)cc1/C=C/C1NCC2CCCC21. The van der Waals surface area contributed by atoms with Crippen LogP contribution in [0.4, 0.5) is 0 Å². The van der Waals surface area contributed by atoms with Crippen LogP contribution in [0.2, 0.25) is 0 Å². The fourth-order valence-corrected chi connectivity index (χ4v) is 3.43. The quantitative estimate of drug-likeness (QED) is 0.845. The summed E-state index contributed by atoms with van der Waals surface area (Å²) in [6.45, 7) is 3.28. The maximum Gasteiger partial charge on any atom is 0.0665 e. The average Bonchev–Trinajstić information content (AvgIpc) is 2.92. The Labute approximate surface area is 103 Å². The zero-order valence-electron chi connectivity index (χ0n) is 10.7. The zero-order valence-corrected chi connectivity index (χ0v) is 10.7. The van der Waals surface area contributed by atoms with Gasteiger partial charge in [0.2, 0.25) is 0 Å². The predicted molar refractivity (Wildman–Crippen MR) is 69.6 cm³/mol. The number of nitrogens with zero attached hydrogens (tertiary/aromatic N) is 2. The van der Waals surface area contributed by atoms with Crippen LogP contribution in [0.3, 0.4) is 0 Å². The summed E-state index contributed by atoms with van der Waals surface area (Å²) in [7, 11) is 1.98. The minimum atomic E-state index is 0.585. The first-order valence-electron chi connectivity index (χ1n) is 6.66. The van der Waals surface area contributed by atoms with Crippen molar-refractivity contribution >= 4 is 6.08 Å². The molecule has 0 radical (unpaired) electrons. The monoisotopic (exact) mass is 231 g/mol. The summed E-state index contributed by atoms with van der Waals surface area (Å²) < 4.78 is 1.88. The third-order valence-corrected chi connectivity index (χ3v) is 4.33. The lowest BCUT2D eigenvalue weighted by Gasteiger charge is -2.13. The van der Waals surface area contributed by atoms with Crippen molar-refractivity contribution in [3.8, 4) is 0 Å². The number of nitrogens with one attached hydrogen (secondary N) is 1. The van der Waals surface area contributed by atoms with Crippen molar-refractivity contribution in [3.05, 3.63) is 23.5 Å². The maximum absolute atomic E-state index is 4.37. The Bertz CT molecular complexity index is 433. The van der Waals surface area contributed by atoms with Gasteiger partial charge in [0.15, 0.2) is 0 Å². The van der Waals surface area contributed by atoms with Crippen molar-refractivity contribution < 1.29 is 0 Å². The van der Waals surface area contributed by atoms with Gasteiger partial charge in [-0.05, 0) is 38.1 Å². The zero-order chi connectivity index (χ0) is 11.8. The summed E-state index contributed by atoms with van der Waals surface area (Å²) in [5.41, 5.74) is 2.36. The first-order valence-corrected chi connectivity index (χ1v) is 6.66. The summed E-state index contributed by atoms with van der Waals surface area (Å²) in [6, 6.07) is 0.585. The first kappa shape index (κ1) is 11.0. The fourth-order valence-electron chi connectivity index (χ4n) is 3.43. The standard InChI is InChI=1S/C14H21N3/c1-10-12(9-17(2)16-10)6-7-14-13-5-3-4-11(13)8-15-14/h6-7,9,11,13-15H,3-5,8H2,1-2H3/b7-6+. The third kappa shape index (κ3) is 2.04. The number of hydrogen-bond acceptors (Lipinski definition) is 2. The van der Waals surface area contributed by atoms with Crippen molar-refractivity contribution in [1.82, 2.24) is 15.1 Å². The Morgan fingerprint density at radius 2 is 2.35 bits per heavy atom. The summed E-state index contributed by atoms with van der Waals surface area (Å²) in [6.07, 6.45) is 10.9. The van der Waals surface area contributed by atoms with Crippen LogP contribution < -0.4 is 5.32 Å². The van der Waals surface area contributed by atoms with Gasteiger partial charge in [-0.3, -0.25) is 4.68 Å². The largest absolute Gasteiger partial charge is 0.310 e. The second-order valence-corrected chi connectivity index (χ2v) is 5.49. The minimum Gasteiger partial charge on any atom is -0.310 e. The molecule has 3 nitrogen and oxygen atoms in total. The lowest BCUT2D eigenvalue weighted by atomic mass is 9.93. The van der Waals surface area contributed by atoms with Gasteiger partial charge in [-0.15, -0.1) is 0 Å².